The SMILES string of the molecule is CCCc1cc(NC(=O)NC(C)CC(O)c2ccco2)n(C)n1. The van der Waals surface area contributed by atoms with Crippen LogP contribution in [0.25, 0.3) is 0 Å². The Hall–Kier alpha value is -2.28. The molecule has 0 aliphatic rings. The monoisotopic (exact) mass is 320 g/mol. The number of nitrogens with one attached hydrogen (secondary N) is 2. The Bertz CT molecular complexity index is 621. The van der Waals surface area contributed by atoms with Crippen LogP contribution in [0.1, 0.15) is 44.2 Å². The molecule has 2 aromatic rings. The van der Waals surface area contributed by atoms with Crippen LogP contribution in [-0.2, 0) is 13.5 Å². The lowest BCUT2D eigenvalue weighted by Gasteiger charge is -2.17. The van der Waals surface area contributed by atoms with Crippen LogP contribution in [0, 0.1) is 0 Å². The van der Waals surface area contributed by atoms with E-state index in [1.54, 1.807) is 23.9 Å². The van der Waals surface area contributed by atoms with E-state index in [1.165, 1.54) is 6.26 Å². The molecule has 2 amide bonds. The van der Waals surface area contributed by atoms with Crippen molar-refractivity contribution in [2.24, 2.45) is 7.05 Å². The van der Waals surface area contributed by atoms with Gasteiger partial charge in [-0.15, -0.1) is 0 Å². The Morgan fingerprint density at radius 1 is 1.52 bits per heavy atom. The van der Waals surface area contributed by atoms with E-state index < -0.39 is 6.10 Å². The van der Waals surface area contributed by atoms with Gasteiger partial charge < -0.3 is 14.8 Å². The summed E-state index contributed by atoms with van der Waals surface area (Å²) in [7, 11) is 1.79. The molecule has 126 valence electrons. The van der Waals surface area contributed by atoms with Gasteiger partial charge in [-0.05, 0) is 25.5 Å². The number of hydrogen-bond acceptors (Lipinski definition) is 4. The van der Waals surface area contributed by atoms with Crippen LogP contribution in [0.2, 0.25) is 0 Å². The van der Waals surface area contributed by atoms with E-state index in [0.717, 1.165) is 18.5 Å². The van der Waals surface area contributed by atoms with E-state index >= 15 is 0 Å². The molecule has 2 heterocycles. The third kappa shape index (κ3) is 4.85. The number of urea groups is 1. The van der Waals surface area contributed by atoms with E-state index in [2.05, 4.69) is 22.7 Å². The van der Waals surface area contributed by atoms with Crippen molar-refractivity contribution in [1.82, 2.24) is 15.1 Å². The lowest BCUT2D eigenvalue weighted by molar-refractivity contribution is 0.130. The van der Waals surface area contributed by atoms with E-state index in [9.17, 15) is 9.90 Å². The minimum Gasteiger partial charge on any atom is -0.467 e. The summed E-state index contributed by atoms with van der Waals surface area (Å²) >= 11 is 0. The quantitative estimate of drug-likeness (QED) is 0.731. The summed E-state index contributed by atoms with van der Waals surface area (Å²) in [6, 6.07) is 4.77. The molecule has 2 aromatic heterocycles. The summed E-state index contributed by atoms with van der Waals surface area (Å²) in [6.45, 7) is 3.91. The number of rotatable bonds is 7. The van der Waals surface area contributed by atoms with Gasteiger partial charge in [-0.2, -0.15) is 5.10 Å². The summed E-state index contributed by atoms with van der Waals surface area (Å²) in [5.41, 5.74) is 0.951. The zero-order valence-electron chi connectivity index (χ0n) is 13.7. The molecule has 0 aliphatic carbocycles. The molecule has 0 aromatic carbocycles. The molecule has 7 heteroatoms. The molecule has 23 heavy (non-hydrogen) atoms. The lowest BCUT2D eigenvalue weighted by Crippen LogP contribution is -2.37. The number of aromatic nitrogens is 2. The highest BCUT2D eigenvalue weighted by molar-refractivity contribution is 5.88. The number of carbonyl (C=O) groups is 1. The molecular weight excluding hydrogens is 296 g/mol. The predicted molar refractivity (Wildman–Crippen MR) is 87.1 cm³/mol. The number of nitrogens with zero attached hydrogens (tertiary/aromatic N) is 2. The molecule has 0 spiro atoms. The zero-order chi connectivity index (χ0) is 16.8. The Morgan fingerprint density at radius 3 is 2.96 bits per heavy atom. The van der Waals surface area contributed by atoms with E-state index in [4.69, 9.17) is 4.42 Å². The topological polar surface area (TPSA) is 92.3 Å². The molecule has 2 unspecified atom stereocenters. The molecular formula is C16H24N4O3. The number of hydrogen-bond donors (Lipinski definition) is 3. The van der Waals surface area contributed by atoms with Crippen molar-refractivity contribution in [1.29, 1.82) is 0 Å². The second-order valence-corrected chi connectivity index (χ2v) is 5.66. The maximum atomic E-state index is 12.0. The van der Waals surface area contributed by atoms with Gasteiger partial charge in [0.25, 0.3) is 0 Å². The van der Waals surface area contributed by atoms with Gasteiger partial charge in [0.15, 0.2) is 0 Å². The predicted octanol–water partition coefficient (Wildman–Crippen LogP) is 2.60. The van der Waals surface area contributed by atoms with Crippen LogP contribution in [0.5, 0.6) is 0 Å². The summed E-state index contributed by atoms with van der Waals surface area (Å²) in [5, 5.41) is 19.9. The highest BCUT2D eigenvalue weighted by Crippen LogP contribution is 2.18. The van der Waals surface area contributed by atoms with Crippen molar-refractivity contribution in [2.45, 2.75) is 45.3 Å². The molecule has 3 N–H and O–H groups in total. The molecule has 0 aliphatic heterocycles. The smallest absolute Gasteiger partial charge is 0.320 e. The van der Waals surface area contributed by atoms with Gasteiger partial charge in [-0.25, -0.2) is 4.79 Å². The van der Waals surface area contributed by atoms with E-state index in [1.807, 2.05) is 13.0 Å². The van der Waals surface area contributed by atoms with Crippen molar-refractivity contribution in [3.63, 3.8) is 0 Å². The number of aliphatic hydroxyl groups excluding tert-OH is 1. The van der Waals surface area contributed by atoms with Crippen molar-refractivity contribution in [3.8, 4) is 0 Å². The first-order chi connectivity index (χ1) is 11.0. The highest BCUT2D eigenvalue weighted by atomic mass is 16.4. The summed E-state index contributed by atoms with van der Waals surface area (Å²) in [5.74, 6) is 1.14. The molecule has 0 saturated heterocycles. The van der Waals surface area contributed by atoms with Gasteiger partial charge in [0, 0.05) is 25.6 Å². The average molecular weight is 320 g/mol. The lowest BCUT2D eigenvalue weighted by atomic mass is 10.1. The minimum absolute atomic E-state index is 0.210. The van der Waals surface area contributed by atoms with Crippen molar-refractivity contribution in [3.05, 3.63) is 35.9 Å². The maximum Gasteiger partial charge on any atom is 0.320 e. The number of aliphatic hydroxyl groups is 1. The van der Waals surface area contributed by atoms with Crippen LogP contribution in [0.4, 0.5) is 10.6 Å². The Labute approximate surface area is 135 Å². The Kier molecular flexibility index (Phi) is 5.81. The standard InChI is InChI=1S/C16H24N4O3/c1-4-6-12-10-15(20(3)19-12)18-16(22)17-11(2)9-13(21)14-7-5-8-23-14/h5,7-8,10-11,13,21H,4,6,9H2,1-3H3,(H2,17,18,22). The minimum atomic E-state index is -0.742. The summed E-state index contributed by atoms with van der Waals surface area (Å²) in [4.78, 5) is 12.0. The fourth-order valence-electron chi connectivity index (χ4n) is 2.39. The largest absolute Gasteiger partial charge is 0.467 e. The van der Waals surface area contributed by atoms with Gasteiger partial charge in [0.05, 0.1) is 12.0 Å². The van der Waals surface area contributed by atoms with Crippen molar-refractivity contribution >= 4 is 11.8 Å². The maximum absolute atomic E-state index is 12.0. The number of amides is 2. The number of carbonyl (C=O) groups excluding carboxylic acids is 1. The molecule has 7 nitrogen and oxygen atoms in total. The van der Waals surface area contributed by atoms with Crippen LogP contribution in [-0.4, -0.2) is 27.0 Å². The fraction of sp³-hybridized carbons (Fsp3) is 0.500. The molecule has 2 atom stereocenters. The molecule has 0 saturated carbocycles. The van der Waals surface area contributed by atoms with Crippen LogP contribution in [0.15, 0.2) is 28.9 Å². The van der Waals surface area contributed by atoms with E-state index in [0.29, 0.717) is 18.0 Å². The van der Waals surface area contributed by atoms with Crippen molar-refractivity contribution in [2.75, 3.05) is 5.32 Å². The van der Waals surface area contributed by atoms with Crippen LogP contribution >= 0.6 is 0 Å². The second kappa shape index (κ2) is 7.82. The fourth-order valence-corrected chi connectivity index (χ4v) is 2.39. The number of anilines is 1. The molecule has 0 radical (unpaired) electrons. The third-order valence-electron chi connectivity index (χ3n) is 3.50. The van der Waals surface area contributed by atoms with Gasteiger partial charge >= 0.3 is 6.03 Å². The normalized spacial score (nSPS) is 13.6. The molecule has 0 bridgehead atoms. The number of furan rings is 1. The zero-order valence-corrected chi connectivity index (χ0v) is 13.7. The van der Waals surface area contributed by atoms with Gasteiger partial charge in [0.1, 0.15) is 17.7 Å². The second-order valence-electron chi connectivity index (χ2n) is 5.66. The van der Waals surface area contributed by atoms with Gasteiger partial charge in [-0.1, -0.05) is 13.3 Å². The van der Waals surface area contributed by atoms with Gasteiger partial charge in [0.2, 0.25) is 0 Å². The number of aryl methyl sites for hydroxylation is 2. The average Bonchev–Trinajstić information content (AvgIpc) is 3.10. The third-order valence-corrected chi connectivity index (χ3v) is 3.50. The summed E-state index contributed by atoms with van der Waals surface area (Å²) < 4.78 is 6.79. The van der Waals surface area contributed by atoms with Crippen LogP contribution in [0.3, 0.4) is 0 Å². The van der Waals surface area contributed by atoms with E-state index in [-0.39, 0.29) is 12.1 Å². The highest BCUT2D eigenvalue weighted by Gasteiger charge is 2.17. The first kappa shape index (κ1) is 17.1. The van der Waals surface area contributed by atoms with Crippen molar-refractivity contribution < 1.29 is 14.3 Å². The first-order valence-corrected chi connectivity index (χ1v) is 7.81. The first-order valence-electron chi connectivity index (χ1n) is 7.81. The Balaban J connectivity index is 1.84. The van der Waals surface area contributed by atoms with Crippen LogP contribution < -0.4 is 10.6 Å². The Morgan fingerprint density at radius 2 is 2.30 bits per heavy atom. The summed E-state index contributed by atoms with van der Waals surface area (Å²) in [6.07, 6.45) is 3.02. The van der Waals surface area contributed by atoms with Gasteiger partial charge in [-0.3, -0.25) is 10.00 Å². The molecule has 2 rings (SSSR count). The molecule has 0 fully saturated rings.